The number of nitrogens with zero attached hydrogens (tertiary/aromatic N) is 2. The Morgan fingerprint density at radius 2 is 2.12 bits per heavy atom. The zero-order valence-corrected chi connectivity index (χ0v) is 14.4. The quantitative estimate of drug-likeness (QED) is 0.738. The van der Waals surface area contributed by atoms with Gasteiger partial charge in [-0.1, -0.05) is 37.3 Å². The fourth-order valence-electron chi connectivity index (χ4n) is 3.25. The van der Waals surface area contributed by atoms with Crippen LogP contribution in [0.25, 0.3) is 10.6 Å². The van der Waals surface area contributed by atoms with E-state index in [9.17, 15) is 5.26 Å². The molecule has 0 saturated carbocycles. The van der Waals surface area contributed by atoms with Gasteiger partial charge in [-0.25, -0.2) is 0 Å². The van der Waals surface area contributed by atoms with Crippen molar-refractivity contribution in [3.05, 3.63) is 58.5 Å². The monoisotopic (exact) mass is 348 g/mol. The largest absolute Gasteiger partial charge is 0.422 e. The minimum absolute atomic E-state index is 0.0520. The van der Waals surface area contributed by atoms with Gasteiger partial charge in [0.05, 0.1) is 22.2 Å². The van der Waals surface area contributed by atoms with Crippen LogP contribution in [-0.2, 0) is 6.42 Å². The first-order valence-electron chi connectivity index (χ1n) is 8.09. The Morgan fingerprint density at radius 1 is 1.32 bits per heavy atom. The summed E-state index contributed by atoms with van der Waals surface area (Å²) in [6.45, 7) is 2.11. The van der Waals surface area contributed by atoms with Crippen molar-refractivity contribution in [1.29, 1.82) is 10.7 Å². The van der Waals surface area contributed by atoms with Crippen molar-refractivity contribution in [3.63, 3.8) is 0 Å². The molecule has 1 aliphatic heterocycles. The molecule has 2 unspecified atom stereocenters. The molecule has 2 aromatic heterocycles. The Bertz CT molecular complexity index is 950. The molecule has 0 bridgehead atoms. The summed E-state index contributed by atoms with van der Waals surface area (Å²) in [5.74, 6) is -0.604. The number of thiophene rings is 1. The number of ether oxygens (including phenoxy) is 1. The van der Waals surface area contributed by atoms with E-state index in [1.807, 2.05) is 29.6 Å². The highest BCUT2D eigenvalue weighted by Gasteiger charge is 2.40. The third-order valence-corrected chi connectivity index (χ3v) is 5.44. The smallest absolute Gasteiger partial charge is 0.244 e. The fourth-order valence-corrected chi connectivity index (χ4v) is 3.98. The minimum atomic E-state index is -0.670. The molecule has 25 heavy (non-hydrogen) atoms. The molecule has 3 heterocycles. The van der Waals surface area contributed by atoms with Gasteiger partial charge in [-0.05, 0) is 29.0 Å². The maximum absolute atomic E-state index is 9.68. The number of hydrogen-bond acceptors (Lipinski definition) is 5. The van der Waals surface area contributed by atoms with Crippen LogP contribution in [0.15, 0.2) is 41.8 Å². The minimum Gasteiger partial charge on any atom is -0.422 e. The summed E-state index contributed by atoms with van der Waals surface area (Å²) in [6.07, 6.45) is 0.961. The van der Waals surface area contributed by atoms with Crippen LogP contribution in [0.5, 0.6) is 5.88 Å². The van der Waals surface area contributed by atoms with Gasteiger partial charge in [0.1, 0.15) is 5.92 Å². The van der Waals surface area contributed by atoms with E-state index in [0.29, 0.717) is 5.88 Å². The molecule has 0 spiro atoms. The SMILES string of the molecule is CCc1ccc(C2c3c(n[nH]c3-c3cccs3)OC(=N)C2C#N)cc1. The predicted molar refractivity (Wildman–Crippen MR) is 97.0 cm³/mol. The summed E-state index contributed by atoms with van der Waals surface area (Å²) in [5.41, 5.74) is 3.96. The van der Waals surface area contributed by atoms with Gasteiger partial charge >= 0.3 is 0 Å². The van der Waals surface area contributed by atoms with Crippen molar-refractivity contribution in [1.82, 2.24) is 10.2 Å². The Balaban J connectivity index is 1.90. The van der Waals surface area contributed by atoms with Gasteiger partial charge in [0, 0.05) is 5.92 Å². The lowest BCUT2D eigenvalue weighted by Gasteiger charge is -2.28. The van der Waals surface area contributed by atoms with E-state index >= 15 is 0 Å². The van der Waals surface area contributed by atoms with Crippen molar-refractivity contribution in [2.75, 3.05) is 0 Å². The van der Waals surface area contributed by atoms with E-state index in [0.717, 1.165) is 28.1 Å². The fraction of sp³-hybridized carbons (Fsp3) is 0.211. The molecule has 1 aliphatic rings. The molecule has 0 aliphatic carbocycles. The van der Waals surface area contributed by atoms with Gasteiger partial charge in [-0.3, -0.25) is 10.5 Å². The first kappa shape index (κ1) is 15.6. The van der Waals surface area contributed by atoms with E-state index in [4.69, 9.17) is 10.1 Å². The molecular weight excluding hydrogens is 332 g/mol. The topological polar surface area (TPSA) is 85.5 Å². The summed E-state index contributed by atoms with van der Waals surface area (Å²) in [4.78, 5) is 1.04. The number of aryl methyl sites for hydroxylation is 1. The standard InChI is InChI=1S/C19H16N4OS/c1-2-11-5-7-12(8-6-11)15-13(10-20)18(21)24-19-16(15)17(22-23-19)14-4-3-9-25-14/h3-9,13,15,21H,2H2,1H3,(H,22,23). The van der Waals surface area contributed by atoms with Crippen LogP contribution in [0, 0.1) is 22.7 Å². The summed E-state index contributed by atoms with van der Waals surface area (Å²) >= 11 is 1.60. The van der Waals surface area contributed by atoms with Gasteiger partial charge < -0.3 is 4.74 Å². The number of benzene rings is 1. The molecule has 4 rings (SSSR count). The molecule has 0 fully saturated rings. The van der Waals surface area contributed by atoms with Gasteiger partial charge in [0.15, 0.2) is 0 Å². The van der Waals surface area contributed by atoms with Crippen LogP contribution in [0.4, 0.5) is 0 Å². The first-order valence-corrected chi connectivity index (χ1v) is 8.97. The van der Waals surface area contributed by atoms with E-state index in [1.54, 1.807) is 11.3 Å². The van der Waals surface area contributed by atoms with E-state index in [1.165, 1.54) is 5.56 Å². The molecule has 2 N–H and O–H groups in total. The first-order chi connectivity index (χ1) is 12.2. The van der Waals surface area contributed by atoms with Crippen LogP contribution in [0.3, 0.4) is 0 Å². The lowest BCUT2D eigenvalue weighted by Crippen LogP contribution is -2.30. The molecule has 0 radical (unpaired) electrons. The van der Waals surface area contributed by atoms with Crippen LogP contribution >= 0.6 is 11.3 Å². The van der Waals surface area contributed by atoms with Crippen LogP contribution in [0.2, 0.25) is 0 Å². The summed E-state index contributed by atoms with van der Waals surface area (Å²) in [7, 11) is 0. The average molecular weight is 348 g/mol. The van der Waals surface area contributed by atoms with Crippen LogP contribution in [0.1, 0.15) is 29.5 Å². The van der Waals surface area contributed by atoms with Gasteiger partial charge in [-0.15, -0.1) is 16.4 Å². The number of nitriles is 1. The molecule has 5 nitrogen and oxygen atoms in total. The highest BCUT2D eigenvalue weighted by atomic mass is 32.1. The Labute approximate surface area is 149 Å². The number of H-pyrrole nitrogens is 1. The van der Waals surface area contributed by atoms with Crippen molar-refractivity contribution < 1.29 is 4.74 Å². The van der Waals surface area contributed by atoms with E-state index in [2.05, 4.69) is 35.3 Å². The summed E-state index contributed by atoms with van der Waals surface area (Å²) < 4.78 is 5.53. The molecule has 0 amide bonds. The molecule has 0 saturated heterocycles. The lowest BCUT2D eigenvalue weighted by atomic mass is 9.79. The Kier molecular flexibility index (Phi) is 3.86. The molecule has 124 valence electrons. The number of rotatable bonds is 3. The predicted octanol–water partition coefficient (Wildman–Crippen LogP) is 4.34. The second-order valence-electron chi connectivity index (χ2n) is 5.94. The average Bonchev–Trinajstić information content (AvgIpc) is 3.30. The highest BCUT2D eigenvalue weighted by Crippen LogP contribution is 2.46. The third-order valence-electron chi connectivity index (χ3n) is 4.56. The van der Waals surface area contributed by atoms with E-state index < -0.39 is 5.92 Å². The Hall–Kier alpha value is -2.91. The second-order valence-corrected chi connectivity index (χ2v) is 6.89. The van der Waals surface area contributed by atoms with Crippen molar-refractivity contribution in [2.45, 2.75) is 19.3 Å². The highest BCUT2D eigenvalue weighted by molar-refractivity contribution is 7.13. The van der Waals surface area contributed by atoms with Crippen molar-refractivity contribution >= 4 is 17.2 Å². The number of aromatic nitrogens is 2. The molecule has 1 aromatic carbocycles. The normalized spacial score (nSPS) is 19.1. The summed E-state index contributed by atoms with van der Waals surface area (Å²) in [6, 6.07) is 14.5. The molecule has 2 atom stereocenters. The zero-order valence-electron chi connectivity index (χ0n) is 13.6. The van der Waals surface area contributed by atoms with Crippen molar-refractivity contribution in [2.24, 2.45) is 5.92 Å². The molecular formula is C19H16N4OS. The van der Waals surface area contributed by atoms with E-state index in [-0.39, 0.29) is 11.8 Å². The van der Waals surface area contributed by atoms with Gasteiger partial charge in [0.2, 0.25) is 11.8 Å². The zero-order chi connectivity index (χ0) is 17.4. The van der Waals surface area contributed by atoms with Gasteiger partial charge in [-0.2, -0.15) is 5.26 Å². The lowest BCUT2D eigenvalue weighted by molar-refractivity contribution is 0.437. The van der Waals surface area contributed by atoms with Crippen LogP contribution in [-0.4, -0.2) is 16.1 Å². The summed E-state index contributed by atoms with van der Waals surface area (Å²) in [5, 5.41) is 27.1. The Morgan fingerprint density at radius 3 is 2.76 bits per heavy atom. The number of nitrogens with one attached hydrogen (secondary N) is 2. The third kappa shape index (κ3) is 2.53. The number of fused-ring (bicyclic) bond motifs is 1. The van der Waals surface area contributed by atoms with Gasteiger partial charge in [0.25, 0.3) is 0 Å². The second kappa shape index (κ2) is 6.19. The molecule has 3 aromatic rings. The number of hydrogen-bond donors (Lipinski definition) is 2. The maximum Gasteiger partial charge on any atom is 0.244 e. The number of aromatic amines is 1. The maximum atomic E-state index is 9.68. The van der Waals surface area contributed by atoms with Crippen molar-refractivity contribution in [3.8, 4) is 22.5 Å². The molecule has 6 heteroatoms. The van der Waals surface area contributed by atoms with Crippen LogP contribution < -0.4 is 4.74 Å².